The number of aromatic nitrogens is 2. The lowest BCUT2D eigenvalue weighted by atomic mass is 10.2. The van der Waals surface area contributed by atoms with Crippen LogP contribution in [-0.4, -0.2) is 30.0 Å². The third-order valence-corrected chi connectivity index (χ3v) is 6.21. The Labute approximate surface area is 201 Å². The van der Waals surface area contributed by atoms with Crippen molar-refractivity contribution in [2.24, 2.45) is 0 Å². The molecular formula is C25H21ClN2O4S. The minimum atomic E-state index is -0.553. The second-order valence-corrected chi connectivity index (χ2v) is 8.53. The first-order valence-corrected chi connectivity index (χ1v) is 11.2. The molecule has 0 aliphatic carbocycles. The van der Waals surface area contributed by atoms with Crippen molar-refractivity contribution < 1.29 is 19.0 Å². The van der Waals surface area contributed by atoms with Crippen molar-refractivity contribution in [3.63, 3.8) is 0 Å². The highest BCUT2D eigenvalue weighted by atomic mass is 35.5. The summed E-state index contributed by atoms with van der Waals surface area (Å²) in [5.41, 5.74) is 1.80. The van der Waals surface area contributed by atoms with Crippen molar-refractivity contribution >= 4 is 29.3 Å². The standard InChI is InChI=1S/C25H21ClN2O4S/c1-16-23(33-22-11-9-18(26)10-12-22)24(28(27-16)19-7-5-4-6-8-19)32-25(29)17-13-20(30-2)15-21(14-17)31-3/h4-15H,1-3H3. The fraction of sp³-hybridized carbons (Fsp3) is 0.120. The van der Waals surface area contributed by atoms with Crippen molar-refractivity contribution in [2.75, 3.05) is 14.2 Å². The van der Waals surface area contributed by atoms with Crippen LogP contribution in [0.4, 0.5) is 0 Å². The summed E-state index contributed by atoms with van der Waals surface area (Å²) >= 11 is 7.48. The van der Waals surface area contributed by atoms with Gasteiger partial charge in [-0.05, 0) is 55.5 Å². The van der Waals surface area contributed by atoms with E-state index in [1.54, 1.807) is 22.9 Å². The Morgan fingerprint density at radius 1 is 0.939 bits per heavy atom. The monoisotopic (exact) mass is 480 g/mol. The van der Waals surface area contributed by atoms with Crippen LogP contribution in [0.2, 0.25) is 5.02 Å². The molecule has 0 fully saturated rings. The largest absolute Gasteiger partial charge is 0.497 e. The van der Waals surface area contributed by atoms with Crippen molar-refractivity contribution in [1.82, 2.24) is 9.78 Å². The van der Waals surface area contributed by atoms with Gasteiger partial charge in [-0.2, -0.15) is 9.78 Å². The van der Waals surface area contributed by atoms with E-state index in [0.29, 0.717) is 28.0 Å². The van der Waals surface area contributed by atoms with Gasteiger partial charge in [0.15, 0.2) is 0 Å². The Hall–Kier alpha value is -3.42. The van der Waals surface area contributed by atoms with E-state index in [9.17, 15) is 4.79 Å². The molecule has 33 heavy (non-hydrogen) atoms. The lowest BCUT2D eigenvalue weighted by molar-refractivity contribution is 0.0717. The number of rotatable bonds is 7. The molecule has 4 aromatic rings. The maximum absolute atomic E-state index is 13.2. The topological polar surface area (TPSA) is 62.6 Å². The van der Waals surface area contributed by atoms with Crippen molar-refractivity contribution in [3.05, 3.63) is 89.1 Å². The number of ether oxygens (including phenoxy) is 3. The number of hydrogen-bond acceptors (Lipinski definition) is 6. The van der Waals surface area contributed by atoms with Crippen LogP contribution in [-0.2, 0) is 0 Å². The number of benzene rings is 3. The van der Waals surface area contributed by atoms with E-state index in [4.69, 9.17) is 25.8 Å². The molecule has 6 nitrogen and oxygen atoms in total. The molecule has 168 valence electrons. The minimum absolute atomic E-state index is 0.298. The van der Waals surface area contributed by atoms with Gasteiger partial charge in [-0.15, -0.1) is 0 Å². The summed E-state index contributed by atoms with van der Waals surface area (Å²) in [7, 11) is 3.05. The quantitative estimate of drug-likeness (QED) is 0.292. The smallest absolute Gasteiger partial charge is 0.345 e. The lowest BCUT2D eigenvalue weighted by Crippen LogP contribution is -2.12. The normalized spacial score (nSPS) is 10.7. The third-order valence-electron chi connectivity index (χ3n) is 4.78. The number of methoxy groups -OCH3 is 2. The first kappa shape index (κ1) is 22.8. The number of esters is 1. The van der Waals surface area contributed by atoms with E-state index in [2.05, 4.69) is 5.10 Å². The molecule has 0 radical (unpaired) electrons. The molecule has 0 atom stereocenters. The molecule has 3 aromatic carbocycles. The molecule has 0 N–H and O–H groups in total. The predicted octanol–water partition coefficient (Wildman–Crippen LogP) is 6.22. The second kappa shape index (κ2) is 10.0. The minimum Gasteiger partial charge on any atom is -0.497 e. The zero-order valence-corrected chi connectivity index (χ0v) is 19.8. The van der Waals surface area contributed by atoms with E-state index in [1.807, 2.05) is 61.5 Å². The molecule has 0 saturated carbocycles. The molecule has 8 heteroatoms. The van der Waals surface area contributed by atoms with Gasteiger partial charge >= 0.3 is 5.97 Å². The number of para-hydroxylation sites is 1. The van der Waals surface area contributed by atoms with Gasteiger partial charge in [-0.25, -0.2) is 4.79 Å². The summed E-state index contributed by atoms with van der Waals surface area (Å²) < 4.78 is 18.1. The molecule has 0 aliphatic rings. The maximum Gasteiger partial charge on any atom is 0.345 e. The predicted molar refractivity (Wildman–Crippen MR) is 128 cm³/mol. The summed E-state index contributed by atoms with van der Waals surface area (Å²) in [6.07, 6.45) is 0. The molecule has 0 spiro atoms. The summed E-state index contributed by atoms with van der Waals surface area (Å²) in [6, 6.07) is 21.9. The van der Waals surface area contributed by atoms with E-state index >= 15 is 0 Å². The summed E-state index contributed by atoms with van der Waals surface area (Å²) in [5, 5.41) is 5.30. The highest BCUT2D eigenvalue weighted by Gasteiger charge is 2.23. The Morgan fingerprint density at radius 3 is 2.18 bits per heavy atom. The van der Waals surface area contributed by atoms with Gasteiger partial charge in [0.2, 0.25) is 5.88 Å². The molecule has 1 heterocycles. The molecule has 0 saturated heterocycles. The first-order valence-electron chi connectivity index (χ1n) is 10.0. The number of aryl methyl sites for hydroxylation is 1. The number of hydrogen-bond donors (Lipinski definition) is 0. The number of carbonyl (C=O) groups is 1. The maximum atomic E-state index is 13.2. The van der Waals surface area contributed by atoms with Crippen LogP contribution in [0.5, 0.6) is 17.4 Å². The Balaban J connectivity index is 1.76. The molecule has 1 aromatic heterocycles. The van der Waals surface area contributed by atoms with Crippen LogP contribution in [0.15, 0.2) is 82.6 Å². The van der Waals surface area contributed by atoms with Crippen LogP contribution in [0.25, 0.3) is 5.69 Å². The van der Waals surface area contributed by atoms with Gasteiger partial charge in [0.1, 0.15) is 11.5 Å². The molecule has 0 aliphatic heterocycles. The molecule has 4 rings (SSSR count). The highest BCUT2D eigenvalue weighted by molar-refractivity contribution is 7.99. The summed E-state index contributed by atoms with van der Waals surface area (Å²) in [4.78, 5) is 14.9. The number of halogens is 1. The van der Waals surface area contributed by atoms with Crippen LogP contribution in [0.1, 0.15) is 16.1 Å². The first-order chi connectivity index (χ1) is 16.0. The van der Waals surface area contributed by atoms with E-state index in [-0.39, 0.29) is 0 Å². The molecular weight excluding hydrogens is 460 g/mol. The van der Waals surface area contributed by atoms with E-state index < -0.39 is 5.97 Å². The Kier molecular flexibility index (Phi) is 6.91. The molecule has 0 amide bonds. The van der Waals surface area contributed by atoms with Gasteiger partial charge in [-0.3, -0.25) is 0 Å². The molecule has 0 unspecified atom stereocenters. The van der Waals surface area contributed by atoms with Crippen LogP contribution < -0.4 is 14.2 Å². The fourth-order valence-corrected chi connectivity index (χ4v) is 4.17. The van der Waals surface area contributed by atoms with Crippen LogP contribution in [0, 0.1) is 6.92 Å². The Morgan fingerprint density at radius 2 is 1.58 bits per heavy atom. The third kappa shape index (κ3) is 5.16. The van der Waals surface area contributed by atoms with E-state index in [0.717, 1.165) is 21.2 Å². The SMILES string of the molecule is COc1cc(OC)cc(C(=O)Oc2c(Sc3ccc(Cl)cc3)c(C)nn2-c2ccccc2)c1. The van der Waals surface area contributed by atoms with Crippen molar-refractivity contribution in [2.45, 2.75) is 16.7 Å². The van der Waals surface area contributed by atoms with Gasteiger partial charge in [0.25, 0.3) is 0 Å². The van der Waals surface area contributed by atoms with E-state index in [1.165, 1.54) is 26.0 Å². The average molecular weight is 481 g/mol. The van der Waals surface area contributed by atoms with Gasteiger partial charge in [0, 0.05) is 16.0 Å². The summed E-state index contributed by atoms with van der Waals surface area (Å²) in [6.45, 7) is 1.88. The zero-order chi connectivity index (χ0) is 23.4. The number of carbonyl (C=O) groups excluding carboxylic acids is 1. The van der Waals surface area contributed by atoms with Crippen molar-refractivity contribution in [1.29, 1.82) is 0 Å². The van der Waals surface area contributed by atoms with Crippen LogP contribution >= 0.6 is 23.4 Å². The zero-order valence-electron chi connectivity index (χ0n) is 18.2. The average Bonchev–Trinajstić information content (AvgIpc) is 3.15. The second-order valence-electron chi connectivity index (χ2n) is 7.01. The van der Waals surface area contributed by atoms with Crippen molar-refractivity contribution in [3.8, 4) is 23.1 Å². The number of nitrogens with zero attached hydrogens (tertiary/aromatic N) is 2. The molecule has 0 bridgehead atoms. The lowest BCUT2D eigenvalue weighted by Gasteiger charge is -2.12. The summed E-state index contributed by atoms with van der Waals surface area (Å²) in [5.74, 6) is 0.752. The van der Waals surface area contributed by atoms with Gasteiger partial charge in [0.05, 0.1) is 36.1 Å². The van der Waals surface area contributed by atoms with Gasteiger partial charge < -0.3 is 14.2 Å². The Bertz CT molecular complexity index is 1250. The van der Waals surface area contributed by atoms with Gasteiger partial charge in [-0.1, -0.05) is 41.6 Å². The van der Waals surface area contributed by atoms with Crippen LogP contribution in [0.3, 0.4) is 0 Å². The fourth-order valence-electron chi connectivity index (χ4n) is 3.14. The highest BCUT2D eigenvalue weighted by Crippen LogP contribution is 2.39.